The molecule has 23 atom stereocenters. The van der Waals surface area contributed by atoms with Gasteiger partial charge in [0.25, 0.3) is 0 Å². The lowest BCUT2D eigenvalue weighted by Gasteiger charge is -2.49. The molecule has 9 N–H and O–H groups in total. The standard InChI is InChI=1S/C69H106FN7O13/c1-15-55-69(10,83)62(79)44(6)75(12)36-40(2)33-67(8,82)64(42(4)60(43(5)65(81)88-55)89-56-34-68(9,85-14)63(80)45(7)87-56)90-66-59(78)53(32-41(3)86-66)74(11)31-30-49(71)37-77(72)54(35-70)61(84-13)48-26-28-50(29-27-48)76-38-51-52(39-76)58(51)73-57(46-22-18-16-19-23-46)47-24-20-17-21-25-47/h16-29,37,40-45,51-56,58-64,66,78-80,82-83H,15,30-36,38-39,71-72H2,1-14H3/b49-37-/t40-,41-,42+,43-,44-,45+,51-,52+,53+,54-,55-,56+,58+,59-,60+,61-,62-,63+,64-,66+,67-,68-,69-/m1/s1. The van der Waals surface area contributed by atoms with Crippen molar-refractivity contribution in [1.82, 2.24) is 14.8 Å². The van der Waals surface area contributed by atoms with Gasteiger partial charge in [-0.2, -0.15) is 0 Å². The first-order valence-electron chi connectivity index (χ1n) is 32.5. The Kier molecular flexibility index (Phi) is 23.8. The second-order valence-corrected chi connectivity index (χ2v) is 27.5. The van der Waals surface area contributed by atoms with Crippen molar-refractivity contribution in [2.24, 2.45) is 46.2 Å². The first-order valence-corrected chi connectivity index (χ1v) is 32.5. The number of rotatable bonds is 20. The van der Waals surface area contributed by atoms with Crippen LogP contribution in [0.15, 0.2) is 102 Å². The molecule has 0 bridgehead atoms. The Morgan fingerprint density at radius 1 is 0.867 bits per heavy atom. The molecule has 0 aromatic heterocycles. The zero-order valence-corrected chi connectivity index (χ0v) is 55.5. The van der Waals surface area contributed by atoms with Crippen molar-refractivity contribution < 1.29 is 67.9 Å². The Hall–Kier alpha value is -4.69. The van der Waals surface area contributed by atoms with Crippen LogP contribution in [-0.4, -0.2) is 216 Å². The van der Waals surface area contributed by atoms with E-state index in [1.54, 1.807) is 48.5 Å². The highest BCUT2D eigenvalue weighted by Gasteiger charge is 2.57. The maximum absolute atomic E-state index is 15.2. The van der Waals surface area contributed by atoms with Crippen LogP contribution in [0.25, 0.3) is 0 Å². The van der Waals surface area contributed by atoms with Crippen LogP contribution in [0, 0.1) is 29.6 Å². The summed E-state index contributed by atoms with van der Waals surface area (Å²) in [4.78, 5) is 26.2. The summed E-state index contributed by atoms with van der Waals surface area (Å²) in [6.45, 7) is 19.1. The fourth-order valence-electron chi connectivity index (χ4n) is 14.7. The topological polar surface area (TPSA) is 260 Å². The summed E-state index contributed by atoms with van der Waals surface area (Å²) in [5.41, 5.74) is 7.50. The molecular weight excluding hydrogens is 1150 g/mol. The molecule has 1 aliphatic carbocycles. The molecule has 0 spiro atoms. The number of carbonyl (C=O) groups excluding carboxylic acids is 1. The zero-order chi connectivity index (χ0) is 65.7. The number of esters is 1. The lowest BCUT2D eigenvalue weighted by Crippen LogP contribution is -2.61. The van der Waals surface area contributed by atoms with Gasteiger partial charge in [-0.15, -0.1) is 0 Å². The second-order valence-electron chi connectivity index (χ2n) is 27.5. The first-order chi connectivity index (χ1) is 42.6. The van der Waals surface area contributed by atoms with Gasteiger partial charge >= 0.3 is 5.97 Å². The van der Waals surface area contributed by atoms with E-state index < -0.39 is 127 Å². The monoisotopic (exact) mass is 1260 g/mol. The van der Waals surface area contributed by atoms with Gasteiger partial charge in [-0.3, -0.25) is 9.79 Å². The highest BCUT2D eigenvalue weighted by molar-refractivity contribution is 6.13. The fourth-order valence-corrected chi connectivity index (χ4v) is 14.7. The maximum atomic E-state index is 15.2. The number of nitrogens with two attached hydrogens (primary N) is 2. The molecule has 4 aliphatic heterocycles. The van der Waals surface area contributed by atoms with Crippen molar-refractivity contribution in [2.45, 2.75) is 210 Å². The number of likely N-dealkylation sites (N-methyl/N-ethyl adjacent to an activating group) is 2. The van der Waals surface area contributed by atoms with Crippen LogP contribution < -0.4 is 16.5 Å². The number of cyclic esters (lactones) is 1. The van der Waals surface area contributed by atoms with Crippen molar-refractivity contribution in [1.29, 1.82) is 0 Å². The van der Waals surface area contributed by atoms with Gasteiger partial charge in [0.1, 0.15) is 48.8 Å². The summed E-state index contributed by atoms with van der Waals surface area (Å²) in [5.74, 6) is 4.61. The van der Waals surface area contributed by atoms with Crippen LogP contribution in [0.2, 0.25) is 0 Å². The third-order valence-corrected chi connectivity index (χ3v) is 20.4. The molecular formula is C69H106FN7O13. The predicted octanol–water partition coefficient (Wildman–Crippen LogP) is 6.33. The van der Waals surface area contributed by atoms with Gasteiger partial charge in [-0.05, 0) is 105 Å². The van der Waals surface area contributed by atoms with E-state index in [0.29, 0.717) is 43.5 Å². The molecule has 90 heavy (non-hydrogen) atoms. The number of halogens is 1. The average Bonchev–Trinajstić information content (AvgIpc) is 1.55. The number of hydrogen-bond donors (Lipinski definition) is 7. The zero-order valence-electron chi connectivity index (χ0n) is 55.5. The Morgan fingerprint density at radius 2 is 1.48 bits per heavy atom. The van der Waals surface area contributed by atoms with Crippen molar-refractivity contribution in [3.63, 3.8) is 0 Å². The van der Waals surface area contributed by atoms with E-state index in [-0.39, 0.29) is 31.2 Å². The van der Waals surface area contributed by atoms with Gasteiger partial charge in [0, 0.05) is 112 Å². The lowest BCUT2D eigenvalue weighted by molar-refractivity contribution is -0.318. The molecule has 0 radical (unpaired) electrons. The lowest BCUT2D eigenvalue weighted by atomic mass is 9.77. The molecule has 0 unspecified atom stereocenters. The number of ether oxygens (including phenoxy) is 7. The van der Waals surface area contributed by atoms with E-state index in [2.05, 4.69) is 65.6 Å². The highest BCUT2D eigenvalue weighted by atomic mass is 19.1. The second kappa shape index (κ2) is 30.2. The number of benzene rings is 3. The normalized spacial score (nSPS) is 38.1. The summed E-state index contributed by atoms with van der Waals surface area (Å²) < 4.78 is 59.6. The minimum atomic E-state index is -1.86. The number of alkyl halides is 1. The summed E-state index contributed by atoms with van der Waals surface area (Å²) in [6, 6.07) is 27.0. The number of fused-ring (bicyclic) bond motifs is 1. The molecule has 502 valence electrons. The van der Waals surface area contributed by atoms with Crippen molar-refractivity contribution >= 4 is 17.4 Å². The van der Waals surface area contributed by atoms with Crippen molar-refractivity contribution in [3.8, 4) is 0 Å². The number of anilines is 1. The van der Waals surface area contributed by atoms with Crippen LogP contribution in [0.5, 0.6) is 0 Å². The van der Waals surface area contributed by atoms with Crippen molar-refractivity contribution in [2.75, 3.05) is 66.1 Å². The van der Waals surface area contributed by atoms with E-state index in [9.17, 15) is 30.3 Å². The minimum Gasteiger partial charge on any atom is -0.459 e. The van der Waals surface area contributed by atoms with Crippen LogP contribution in [-0.2, 0) is 38.0 Å². The molecule has 20 nitrogen and oxygen atoms in total. The van der Waals surface area contributed by atoms with Gasteiger partial charge in [0.05, 0.1) is 53.3 Å². The van der Waals surface area contributed by atoms with Crippen LogP contribution >= 0.6 is 0 Å². The number of hydrogen-bond acceptors (Lipinski definition) is 20. The number of nitrogens with zero attached hydrogens (tertiary/aromatic N) is 5. The first kappa shape index (κ1) is 71.2. The highest BCUT2D eigenvalue weighted by Crippen LogP contribution is 2.50. The fraction of sp³-hybridized carbons (Fsp3) is 0.681. The predicted molar refractivity (Wildman–Crippen MR) is 343 cm³/mol. The number of methoxy groups -OCH3 is 2. The smallest absolute Gasteiger partial charge is 0.311 e. The summed E-state index contributed by atoms with van der Waals surface area (Å²) in [5, 5.41) is 61.5. The van der Waals surface area contributed by atoms with Gasteiger partial charge in [-0.25, -0.2) is 10.2 Å². The van der Waals surface area contributed by atoms with Gasteiger partial charge < -0.3 is 84.1 Å². The molecule has 3 aromatic rings. The number of aliphatic imine (C=N–C) groups is 1. The molecule has 0 amide bonds. The molecule has 5 fully saturated rings. The van der Waals surface area contributed by atoms with Crippen LogP contribution in [0.3, 0.4) is 0 Å². The number of hydrazine groups is 1. The van der Waals surface area contributed by atoms with E-state index in [1.165, 1.54) is 32.4 Å². The van der Waals surface area contributed by atoms with Gasteiger partial charge in [0.2, 0.25) is 0 Å². The van der Waals surface area contributed by atoms with E-state index in [0.717, 1.165) is 41.2 Å². The number of carbonyl (C=O) groups is 1. The Bertz CT molecular complexity index is 2770. The van der Waals surface area contributed by atoms with E-state index in [4.69, 9.17) is 49.7 Å². The number of aliphatic hydroxyl groups excluding tert-OH is 3. The Balaban J connectivity index is 0.947. The molecule has 21 heteroatoms. The van der Waals surface area contributed by atoms with Crippen LogP contribution in [0.4, 0.5) is 10.1 Å². The molecule has 4 heterocycles. The minimum absolute atomic E-state index is 0.0744. The van der Waals surface area contributed by atoms with Crippen molar-refractivity contribution in [3.05, 3.63) is 114 Å². The summed E-state index contributed by atoms with van der Waals surface area (Å²) in [7, 11) is 6.72. The van der Waals surface area contributed by atoms with Gasteiger partial charge in [-0.1, -0.05) is 93.6 Å². The molecule has 3 aromatic carbocycles. The molecule has 5 aliphatic rings. The molecule has 4 saturated heterocycles. The Morgan fingerprint density at radius 3 is 2.04 bits per heavy atom. The summed E-state index contributed by atoms with van der Waals surface area (Å²) in [6.07, 6.45) is -8.62. The summed E-state index contributed by atoms with van der Waals surface area (Å²) >= 11 is 0. The maximum Gasteiger partial charge on any atom is 0.311 e. The third-order valence-electron chi connectivity index (χ3n) is 20.4. The number of piperidine rings is 1. The quantitative estimate of drug-likeness (QED) is 0.0282. The molecule has 8 rings (SSSR count). The van der Waals surface area contributed by atoms with E-state index >= 15 is 4.39 Å². The number of aliphatic hydroxyl groups is 5. The van der Waals surface area contributed by atoms with Crippen LogP contribution in [0.1, 0.15) is 124 Å². The third kappa shape index (κ3) is 16.1. The molecule has 1 saturated carbocycles. The van der Waals surface area contributed by atoms with E-state index in [1.807, 2.05) is 62.0 Å². The average molecular weight is 1260 g/mol. The Labute approximate surface area is 533 Å². The SMILES string of the molecule is CC[C@H]1OC(=O)[C@H](C)[C@@H](O[C@H]2C[C@@](C)(OC)[C@@H](O)[C@H](C)O2)[C@H](C)[C@@H](O[C@@H]2O[C@H](C)C[C@H](N(C)CC/C(N)=C/N(N)[C@H](CF)[C@H](OC)c3ccc(N4C[C@@H]5[C@H](C4)[C@H]5N=C(c4ccccc4)c4ccccc4)cc3)[C@H]2O)[C@](C)(O)C[C@@H](C)CN(C)[C@H](C)[C@@H](O)[C@]1(C)O. The van der Waals surface area contributed by atoms with Gasteiger partial charge in [0.15, 0.2) is 12.6 Å². The largest absolute Gasteiger partial charge is 0.459 e.